The molecule has 1 aromatic carbocycles. The van der Waals surface area contributed by atoms with Crippen LogP contribution < -0.4 is 5.32 Å². The Hall–Kier alpha value is -0.850. The first kappa shape index (κ1) is 15.5. The fourth-order valence-electron chi connectivity index (χ4n) is 2.35. The number of alkyl halides is 4. The summed E-state index contributed by atoms with van der Waals surface area (Å²) in [6.45, 7) is 1.78. The zero-order valence-electron chi connectivity index (χ0n) is 10.7. The van der Waals surface area contributed by atoms with E-state index in [9.17, 15) is 17.6 Å². The Balaban J connectivity index is 2.32. The van der Waals surface area contributed by atoms with Gasteiger partial charge in [0.1, 0.15) is 6.67 Å². The Labute approximate surface area is 119 Å². The average molecular weight is 311 g/mol. The molecular weight excluding hydrogens is 296 g/mol. The van der Waals surface area contributed by atoms with E-state index in [2.05, 4.69) is 5.32 Å². The predicted molar refractivity (Wildman–Crippen MR) is 69.6 cm³/mol. The molecular formula is C13H15ClF4N2. The maximum Gasteiger partial charge on any atom is 0.416 e. The van der Waals surface area contributed by atoms with Gasteiger partial charge in [-0.1, -0.05) is 11.6 Å². The van der Waals surface area contributed by atoms with E-state index in [4.69, 9.17) is 11.6 Å². The van der Waals surface area contributed by atoms with Crippen molar-refractivity contribution in [3.05, 3.63) is 34.3 Å². The van der Waals surface area contributed by atoms with E-state index in [0.29, 0.717) is 26.2 Å². The Bertz CT molecular complexity index is 458. The molecule has 1 aliphatic rings. The number of hydrogen-bond donors (Lipinski definition) is 1. The summed E-state index contributed by atoms with van der Waals surface area (Å²) < 4.78 is 51.6. The molecule has 0 aromatic heterocycles. The highest BCUT2D eigenvalue weighted by molar-refractivity contribution is 6.31. The van der Waals surface area contributed by atoms with Crippen LogP contribution in [0.15, 0.2) is 18.2 Å². The molecule has 1 heterocycles. The zero-order chi connectivity index (χ0) is 14.8. The van der Waals surface area contributed by atoms with Gasteiger partial charge in [-0.2, -0.15) is 13.2 Å². The summed E-state index contributed by atoms with van der Waals surface area (Å²) in [5.41, 5.74) is -0.601. The van der Waals surface area contributed by atoms with Gasteiger partial charge in [-0.25, -0.2) is 4.39 Å². The first-order valence-corrected chi connectivity index (χ1v) is 6.68. The van der Waals surface area contributed by atoms with Crippen molar-refractivity contribution in [2.24, 2.45) is 0 Å². The van der Waals surface area contributed by atoms with Gasteiger partial charge in [-0.05, 0) is 23.8 Å². The van der Waals surface area contributed by atoms with Crippen LogP contribution in [0.25, 0.3) is 0 Å². The molecule has 112 valence electrons. The fraction of sp³-hybridized carbons (Fsp3) is 0.538. The molecule has 0 unspecified atom stereocenters. The number of hydrogen-bond acceptors (Lipinski definition) is 2. The minimum atomic E-state index is -4.45. The van der Waals surface area contributed by atoms with E-state index in [-0.39, 0.29) is 10.6 Å². The Morgan fingerprint density at radius 2 is 1.90 bits per heavy atom. The first-order chi connectivity index (χ1) is 9.43. The van der Waals surface area contributed by atoms with Crippen molar-refractivity contribution in [2.75, 3.05) is 32.9 Å². The van der Waals surface area contributed by atoms with E-state index < -0.39 is 24.5 Å². The minimum Gasteiger partial charge on any atom is -0.314 e. The number of rotatable bonds is 3. The normalized spacial score (nSPS) is 19.1. The van der Waals surface area contributed by atoms with Crippen molar-refractivity contribution in [1.29, 1.82) is 0 Å². The summed E-state index contributed by atoms with van der Waals surface area (Å²) in [5, 5.41) is 3.28. The monoisotopic (exact) mass is 310 g/mol. The van der Waals surface area contributed by atoms with Crippen LogP contribution in [-0.4, -0.2) is 37.8 Å². The summed E-state index contributed by atoms with van der Waals surface area (Å²) >= 11 is 5.96. The second-order valence-electron chi connectivity index (χ2n) is 4.69. The van der Waals surface area contributed by atoms with Gasteiger partial charge in [-0.3, -0.25) is 4.90 Å². The zero-order valence-corrected chi connectivity index (χ0v) is 11.4. The van der Waals surface area contributed by atoms with Crippen LogP contribution in [0, 0.1) is 0 Å². The van der Waals surface area contributed by atoms with Crippen LogP contribution in [0.1, 0.15) is 17.2 Å². The first-order valence-electron chi connectivity index (χ1n) is 6.31. The largest absolute Gasteiger partial charge is 0.416 e. The maximum absolute atomic E-state index is 13.3. The van der Waals surface area contributed by atoms with Gasteiger partial charge in [0.05, 0.1) is 11.6 Å². The third kappa shape index (κ3) is 3.42. The highest BCUT2D eigenvalue weighted by atomic mass is 35.5. The lowest BCUT2D eigenvalue weighted by molar-refractivity contribution is -0.137. The van der Waals surface area contributed by atoms with Crippen LogP contribution in [0.4, 0.5) is 17.6 Å². The number of halogens is 5. The fourth-order valence-corrected chi connectivity index (χ4v) is 2.59. The van der Waals surface area contributed by atoms with Gasteiger partial charge in [0.2, 0.25) is 0 Å². The van der Waals surface area contributed by atoms with Gasteiger partial charge in [0.15, 0.2) is 0 Å². The topological polar surface area (TPSA) is 15.3 Å². The number of piperazine rings is 1. The van der Waals surface area contributed by atoms with Gasteiger partial charge >= 0.3 is 6.18 Å². The highest BCUT2D eigenvalue weighted by Crippen LogP contribution is 2.35. The Kier molecular flexibility index (Phi) is 4.88. The van der Waals surface area contributed by atoms with E-state index >= 15 is 0 Å². The summed E-state index contributed by atoms with van der Waals surface area (Å²) in [7, 11) is 0. The van der Waals surface area contributed by atoms with E-state index in [1.54, 1.807) is 0 Å². The lowest BCUT2D eigenvalue weighted by atomic mass is 10.0. The third-order valence-electron chi connectivity index (χ3n) is 3.42. The van der Waals surface area contributed by atoms with Gasteiger partial charge < -0.3 is 5.32 Å². The minimum absolute atomic E-state index is 0.166. The molecule has 1 atom stereocenters. The molecule has 1 saturated heterocycles. The van der Waals surface area contributed by atoms with Crippen molar-refractivity contribution < 1.29 is 17.6 Å². The molecule has 1 fully saturated rings. The van der Waals surface area contributed by atoms with E-state index in [1.165, 1.54) is 6.07 Å². The molecule has 0 spiro atoms. The van der Waals surface area contributed by atoms with Gasteiger partial charge in [-0.15, -0.1) is 0 Å². The summed E-state index contributed by atoms with van der Waals surface area (Å²) in [6, 6.07) is 2.32. The Morgan fingerprint density at radius 3 is 2.45 bits per heavy atom. The molecule has 0 bridgehead atoms. The van der Waals surface area contributed by atoms with Crippen molar-refractivity contribution in [3.63, 3.8) is 0 Å². The molecule has 0 aliphatic carbocycles. The molecule has 2 rings (SSSR count). The SMILES string of the molecule is FC[C@@H](c1cc(C(F)(F)F)ccc1Cl)N1CCNCC1. The smallest absolute Gasteiger partial charge is 0.314 e. The molecule has 7 heteroatoms. The molecule has 0 amide bonds. The summed E-state index contributed by atoms with van der Waals surface area (Å²) in [6.07, 6.45) is -4.45. The highest BCUT2D eigenvalue weighted by Gasteiger charge is 2.33. The lowest BCUT2D eigenvalue weighted by Crippen LogP contribution is -2.45. The summed E-state index contributed by atoms with van der Waals surface area (Å²) in [5.74, 6) is 0. The van der Waals surface area contributed by atoms with Crippen LogP contribution in [0.3, 0.4) is 0 Å². The van der Waals surface area contributed by atoms with Gasteiger partial charge in [0, 0.05) is 31.2 Å². The van der Waals surface area contributed by atoms with E-state index in [0.717, 1.165) is 12.1 Å². The average Bonchev–Trinajstić information content (AvgIpc) is 2.41. The second kappa shape index (κ2) is 6.28. The molecule has 1 aliphatic heterocycles. The maximum atomic E-state index is 13.3. The standard InChI is InChI=1S/C13H15ClF4N2/c14-11-2-1-9(13(16,17)18)7-10(11)12(8-15)20-5-3-19-4-6-20/h1-2,7,12,19H,3-6,8H2/t12-/m0/s1. The van der Waals surface area contributed by atoms with Crippen molar-refractivity contribution in [1.82, 2.24) is 10.2 Å². The predicted octanol–water partition coefficient (Wildman–Crippen LogP) is 3.27. The van der Waals surface area contributed by atoms with E-state index in [1.807, 2.05) is 4.90 Å². The Morgan fingerprint density at radius 1 is 1.25 bits per heavy atom. The van der Waals surface area contributed by atoms with Crippen LogP contribution in [0.5, 0.6) is 0 Å². The van der Waals surface area contributed by atoms with Crippen molar-refractivity contribution >= 4 is 11.6 Å². The number of nitrogens with one attached hydrogen (secondary N) is 1. The van der Waals surface area contributed by atoms with Crippen molar-refractivity contribution in [2.45, 2.75) is 12.2 Å². The summed E-state index contributed by atoms with van der Waals surface area (Å²) in [4.78, 5) is 1.82. The van der Waals surface area contributed by atoms with Crippen LogP contribution >= 0.6 is 11.6 Å². The molecule has 20 heavy (non-hydrogen) atoms. The number of nitrogens with zero attached hydrogens (tertiary/aromatic N) is 1. The van der Waals surface area contributed by atoms with Crippen molar-refractivity contribution in [3.8, 4) is 0 Å². The van der Waals surface area contributed by atoms with Crippen LogP contribution in [-0.2, 0) is 6.18 Å². The lowest BCUT2D eigenvalue weighted by Gasteiger charge is -2.34. The third-order valence-corrected chi connectivity index (χ3v) is 3.77. The molecule has 0 saturated carbocycles. The quantitative estimate of drug-likeness (QED) is 0.862. The molecule has 0 radical (unpaired) electrons. The second-order valence-corrected chi connectivity index (χ2v) is 5.10. The molecule has 1 N–H and O–H groups in total. The number of benzene rings is 1. The molecule has 1 aromatic rings. The molecule has 2 nitrogen and oxygen atoms in total. The van der Waals surface area contributed by atoms with Crippen LogP contribution in [0.2, 0.25) is 5.02 Å². The van der Waals surface area contributed by atoms with Gasteiger partial charge in [0.25, 0.3) is 0 Å².